The molecular formula is C16H17FO2. The minimum Gasteiger partial charge on any atom is -0.388 e. The number of aliphatic hydroxyl groups is 1. The monoisotopic (exact) mass is 260 g/mol. The average molecular weight is 260 g/mol. The summed E-state index contributed by atoms with van der Waals surface area (Å²) in [5, 5.41) is 11.9. The molecule has 1 aliphatic heterocycles. The molecule has 0 aliphatic carbocycles. The second kappa shape index (κ2) is 4.91. The zero-order valence-corrected chi connectivity index (χ0v) is 10.8. The van der Waals surface area contributed by atoms with Crippen molar-refractivity contribution >= 4 is 10.8 Å². The molecule has 3 atom stereocenters. The minimum absolute atomic E-state index is 0.0406. The first kappa shape index (κ1) is 12.6. The van der Waals surface area contributed by atoms with Crippen molar-refractivity contribution < 1.29 is 14.2 Å². The summed E-state index contributed by atoms with van der Waals surface area (Å²) in [6.45, 7) is 2.66. The van der Waals surface area contributed by atoms with Gasteiger partial charge in [0.2, 0.25) is 0 Å². The minimum atomic E-state index is -0.608. The summed E-state index contributed by atoms with van der Waals surface area (Å²) in [4.78, 5) is 0. The Morgan fingerprint density at radius 3 is 2.63 bits per heavy atom. The van der Waals surface area contributed by atoms with E-state index in [1.165, 1.54) is 6.07 Å². The fourth-order valence-electron chi connectivity index (χ4n) is 2.94. The van der Waals surface area contributed by atoms with Crippen LogP contribution >= 0.6 is 0 Å². The van der Waals surface area contributed by atoms with E-state index in [4.69, 9.17) is 4.74 Å². The molecule has 2 aromatic carbocycles. The fraction of sp³-hybridized carbons (Fsp3) is 0.375. The molecule has 1 heterocycles. The van der Waals surface area contributed by atoms with Crippen LogP contribution in [0, 0.1) is 11.7 Å². The summed E-state index contributed by atoms with van der Waals surface area (Å²) in [7, 11) is 0. The maximum atomic E-state index is 13.8. The largest absolute Gasteiger partial charge is 0.388 e. The van der Waals surface area contributed by atoms with E-state index in [1.54, 1.807) is 12.1 Å². The first-order valence-electron chi connectivity index (χ1n) is 6.65. The second-order valence-corrected chi connectivity index (χ2v) is 5.16. The fourth-order valence-corrected chi connectivity index (χ4v) is 2.94. The molecule has 100 valence electrons. The Balaban J connectivity index is 2.07. The van der Waals surface area contributed by atoms with Gasteiger partial charge in [-0.3, -0.25) is 0 Å². The Hall–Kier alpha value is -1.45. The molecule has 2 aromatic rings. The number of fused-ring (bicyclic) bond motifs is 1. The summed E-state index contributed by atoms with van der Waals surface area (Å²) in [5.74, 6) is -0.170. The predicted molar refractivity (Wildman–Crippen MR) is 72.4 cm³/mol. The number of hydrogen-bond acceptors (Lipinski definition) is 2. The summed E-state index contributed by atoms with van der Waals surface area (Å²) in [6.07, 6.45) is 0.274. The normalized spacial score (nSPS) is 24.8. The average Bonchev–Trinajstić information content (AvgIpc) is 2.85. The van der Waals surface area contributed by atoms with Gasteiger partial charge in [-0.1, -0.05) is 30.3 Å². The molecule has 2 nitrogen and oxygen atoms in total. The quantitative estimate of drug-likeness (QED) is 0.896. The van der Waals surface area contributed by atoms with Gasteiger partial charge in [0.25, 0.3) is 0 Å². The van der Waals surface area contributed by atoms with E-state index >= 15 is 0 Å². The summed E-state index contributed by atoms with van der Waals surface area (Å²) >= 11 is 0. The maximum Gasteiger partial charge on any atom is 0.131 e. The van der Waals surface area contributed by atoms with Crippen LogP contribution in [0.5, 0.6) is 0 Å². The number of ether oxygens (including phenoxy) is 1. The number of halogens is 1. The van der Waals surface area contributed by atoms with Gasteiger partial charge in [-0.15, -0.1) is 0 Å². The van der Waals surface area contributed by atoms with Crippen LogP contribution in [0.1, 0.15) is 25.0 Å². The summed E-state index contributed by atoms with van der Waals surface area (Å²) < 4.78 is 19.3. The Morgan fingerprint density at radius 1 is 1.21 bits per heavy atom. The van der Waals surface area contributed by atoms with Gasteiger partial charge in [0.1, 0.15) is 5.82 Å². The summed E-state index contributed by atoms with van der Waals surface area (Å²) in [5.41, 5.74) is 0.791. The molecule has 0 bridgehead atoms. The van der Waals surface area contributed by atoms with Crippen LogP contribution < -0.4 is 0 Å². The van der Waals surface area contributed by atoms with Crippen molar-refractivity contribution in [3.8, 4) is 0 Å². The third-order valence-electron chi connectivity index (χ3n) is 4.06. The molecule has 1 saturated heterocycles. The van der Waals surface area contributed by atoms with Crippen molar-refractivity contribution in [2.24, 2.45) is 5.92 Å². The topological polar surface area (TPSA) is 29.5 Å². The van der Waals surface area contributed by atoms with E-state index in [0.717, 1.165) is 17.4 Å². The third kappa shape index (κ3) is 2.13. The molecule has 0 spiro atoms. The van der Waals surface area contributed by atoms with E-state index in [0.29, 0.717) is 12.0 Å². The first-order valence-corrected chi connectivity index (χ1v) is 6.65. The molecule has 0 amide bonds. The van der Waals surface area contributed by atoms with Gasteiger partial charge in [-0.25, -0.2) is 4.39 Å². The Bertz CT molecular complexity index is 596. The summed E-state index contributed by atoms with van der Waals surface area (Å²) in [6, 6.07) is 10.4. The lowest BCUT2D eigenvalue weighted by Crippen LogP contribution is -2.20. The van der Waals surface area contributed by atoms with E-state index in [-0.39, 0.29) is 17.8 Å². The molecule has 19 heavy (non-hydrogen) atoms. The molecule has 3 heteroatoms. The van der Waals surface area contributed by atoms with Crippen LogP contribution in [0.15, 0.2) is 36.4 Å². The van der Waals surface area contributed by atoms with Crippen LogP contribution in [0.25, 0.3) is 10.8 Å². The van der Waals surface area contributed by atoms with Gasteiger partial charge in [0.05, 0.1) is 12.2 Å². The number of hydrogen-bond donors (Lipinski definition) is 1. The molecule has 3 unspecified atom stereocenters. The lowest BCUT2D eigenvalue weighted by Gasteiger charge is -2.22. The smallest absolute Gasteiger partial charge is 0.131 e. The van der Waals surface area contributed by atoms with Gasteiger partial charge < -0.3 is 9.84 Å². The zero-order valence-electron chi connectivity index (χ0n) is 10.8. The highest BCUT2D eigenvalue weighted by Gasteiger charge is 2.32. The van der Waals surface area contributed by atoms with Gasteiger partial charge >= 0.3 is 0 Å². The first-order chi connectivity index (χ1) is 9.18. The standard InChI is InChI=1S/C16H17FO2/c1-10-11(8-9-19-10)16(18)14-6-7-15(17)13-5-3-2-4-12(13)14/h2-7,10-11,16,18H,8-9H2,1H3. The lowest BCUT2D eigenvalue weighted by atomic mass is 9.88. The Morgan fingerprint density at radius 2 is 1.95 bits per heavy atom. The van der Waals surface area contributed by atoms with E-state index < -0.39 is 6.10 Å². The lowest BCUT2D eigenvalue weighted by molar-refractivity contribution is 0.0438. The van der Waals surface area contributed by atoms with E-state index in [9.17, 15) is 9.50 Å². The Labute approximate surface area is 111 Å². The highest BCUT2D eigenvalue weighted by atomic mass is 19.1. The highest BCUT2D eigenvalue weighted by Crippen LogP contribution is 2.36. The molecular weight excluding hydrogens is 243 g/mol. The molecule has 1 N–H and O–H groups in total. The Kier molecular flexibility index (Phi) is 3.25. The maximum absolute atomic E-state index is 13.8. The van der Waals surface area contributed by atoms with Gasteiger partial charge in [0, 0.05) is 17.9 Å². The SMILES string of the molecule is CC1OCCC1C(O)c1ccc(F)c2ccccc12. The van der Waals surface area contributed by atoms with Crippen molar-refractivity contribution in [2.45, 2.75) is 25.6 Å². The van der Waals surface area contributed by atoms with Crippen LogP contribution in [-0.2, 0) is 4.74 Å². The van der Waals surface area contributed by atoms with Crippen molar-refractivity contribution in [2.75, 3.05) is 6.61 Å². The second-order valence-electron chi connectivity index (χ2n) is 5.16. The van der Waals surface area contributed by atoms with E-state index in [2.05, 4.69) is 0 Å². The van der Waals surface area contributed by atoms with Crippen molar-refractivity contribution in [3.05, 3.63) is 47.8 Å². The highest BCUT2D eigenvalue weighted by molar-refractivity contribution is 5.86. The predicted octanol–water partition coefficient (Wildman–Crippen LogP) is 3.44. The van der Waals surface area contributed by atoms with Crippen LogP contribution in [0.4, 0.5) is 4.39 Å². The molecule has 0 saturated carbocycles. The molecule has 0 aromatic heterocycles. The number of aliphatic hydroxyl groups excluding tert-OH is 1. The van der Waals surface area contributed by atoms with Crippen LogP contribution in [0.3, 0.4) is 0 Å². The zero-order chi connectivity index (χ0) is 13.4. The molecule has 1 aliphatic rings. The third-order valence-corrected chi connectivity index (χ3v) is 4.06. The van der Waals surface area contributed by atoms with Crippen molar-refractivity contribution in [3.63, 3.8) is 0 Å². The molecule has 3 rings (SSSR count). The molecule has 1 fully saturated rings. The van der Waals surface area contributed by atoms with Crippen LogP contribution in [0.2, 0.25) is 0 Å². The van der Waals surface area contributed by atoms with Gasteiger partial charge in [-0.2, -0.15) is 0 Å². The van der Waals surface area contributed by atoms with E-state index in [1.807, 2.05) is 25.1 Å². The van der Waals surface area contributed by atoms with Crippen LogP contribution in [-0.4, -0.2) is 17.8 Å². The number of benzene rings is 2. The number of rotatable bonds is 2. The van der Waals surface area contributed by atoms with Crippen molar-refractivity contribution in [1.82, 2.24) is 0 Å². The van der Waals surface area contributed by atoms with Gasteiger partial charge in [0.15, 0.2) is 0 Å². The molecule has 0 radical (unpaired) electrons. The van der Waals surface area contributed by atoms with Crippen molar-refractivity contribution in [1.29, 1.82) is 0 Å². The van der Waals surface area contributed by atoms with Gasteiger partial charge in [-0.05, 0) is 30.4 Å².